The monoisotopic (exact) mass is 346 g/mol. The van der Waals surface area contributed by atoms with Crippen LogP contribution in [0.1, 0.15) is 16.7 Å². The van der Waals surface area contributed by atoms with Crippen LogP contribution in [0.5, 0.6) is 0 Å². The van der Waals surface area contributed by atoms with Gasteiger partial charge in [0.2, 0.25) is 0 Å². The summed E-state index contributed by atoms with van der Waals surface area (Å²) in [7, 11) is 0. The first-order valence-electron chi connectivity index (χ1n) is 8.21. The number of aryl methyl sites for hydroxylation is 2. The number of aromatic nitrogens is 2. The fraction of sp³-hybridized carbons (Fsp3) is 0.143. The summed E-state index contributed by atoms with van der Waals surface area (Å²) in [5.41, 5.74) is 6.46. The van der Waals surface area contributed by atoms with Gasteiger partial charge in [0.1, 0.15) is 4.70 Å². The Morgan fingerprint density at radius 1 is 1.04 bits per heavy atom. The maximum Gasteiger partial charge on any atom is 0.271 e. The summed E-state index contributed by atoms with van der Waals surface area (Å²) in [6.45, 7) is 4.67. The fourth-order valence-corrected chi connectivity index (χ4v) is 3.98. The number of thiophene rings is 1. The lowest BCUT2D eigenvalue weighted by Crippen LogP contribution is -2.20. The molecule has 0 aliphatic rings. The van der Waals surface area contributed by atoms with E-state index < -0.39 is 0 Å². The van der Waals surface area contributed by atoms with E-state index in [9.17, 15) is 4.79 Å². The van der Waals surface area contributed by atoms with Crippen LogP contribution < -0.4 is 5.56 Å². The van der Waals surface area contributed by atoms with Crippen molar-refractivity contribution >= 4 is 21.6 Å². The highest BCUT2D eigenvalue weighted by Crippen LogP contribution is 2.30. The molecule has 0 N–H and O–H groups in total. The number of benzene rings is 2. The molecule has 25 heavy (non-hydrogen) atoms. The first-order chi connectivity index (χ1) is 12.1. The van der Waals surface area contributed by atoms with Gasteiger partial charge in [-0.15, -0.1) is 11.3 Å². The van der Waals surface area contributed by atoms with Gasteiger partial charge in [-0.1, -0.05) is 59.7 Å². The lowest BCUT2D eigenvalue weighted by atomic mass is 10.1. The van der Waals surface area contributed by atoms with Gasteiger partial charge < -0.3 is 0 Å². The Morgan fingerprint density at radius 2 is 1.84 bits per heavy atom. The van der Waals surface area contributed by atoms with Crippen LogP contribution >= 0.6 is 11.3 Å². The van der Waals surface area contributed by atoms with Crippen molar-refractivity contribution in [3.8, 4) is 11.1 Å². The molecule has 3 nitrogen and oxygen atoms in total. The third kappa shape index (κ3) is 3.01. The number of fused-ring (bicyclic) bond motifs is 1. The van der Waals surface area contributed by atoms with Crippen molar-refractivity contribution in [2.75, 3.05) is 0 Å². The lowest BCUT2D eigenvalue weighted by Gasteiger charge is -2.07. The molecule has 0 saturated carbocycles. The largest absolute Gasteiger partial charge is 0.294 e. The van der Waals surface area contributed by atoms with Gasteiger partial charge in [-0.3, -0.25) is 9.36 Å². The van der Waals surface area contributed by atoms with Gasteiger partial charge in [-0.25, -0.2) is 4.98 Å². The van der Waals surface area contributed by atoms with Crippen LogP contribution in [0.15, 0.2) is 65.0 Å². The molecule has 0 bridgehead atoms. The summed E-state index contributed by atoms with van der Waals surface area (Å²) in [4.78, 5) is 17.4. The van der Waals surface area contributed by atoms with Gasteiger partial charge in [0.15, 0.2) is 0 Å². The van der Waals surface area contributed by atoms with Crippen molar-refractivity contribution in [3.05, 3.63) is 87.3 Å². The molecule has 0 fully saturated rings. The molecule has 0 unspecified atom stereocenters. The quantitative estimate of drug-likeness (QED) is 0.534. The van der Waals surface area contributed by atoms with Gasteiger partial charge in [0.25, 0.3) is 5.56 Å². The fourth-order valence-electron chi connectivity index (χ4n) is 3.00. The van der Waals surface area contributed by atoms with Crippen LogP contribution in [0.3, 0.4) is 0 Å². The van der Waals surface area contributed by atoms with Crippen LogP contribution in [0.25, 0.3) is 21.3 Å². The van der Waals surface area contributed by atoms with Crippen molar-refractivity contribution in [3.63, 3.8) is 0 Å². The molecule has 2 aromatic heterocycles. The Morgan fingerprint density at radius 3 is 2.60 bits per heavy atom. The molecule has 0 radical (unpaired) electrons. The van der Waals surface area contributed by atoms with E-state index in [4.69, 9.17) is 0 Å². The SMILES string of the molecule is Cc1ccc(-c2csc3c(=O)n(Cc4cccc(C)c4)cnc23)cc1. The van der Waals surface area contributed by atoms with Crippen LogP contribution in [0.2, 0.25) is 0 Å². The van der Waals surface area contributed by atoms with Crippen LogP contribution in [0.4, 0.5) is 0 Å². The summed E-state index contributed by atoms with van der Waals surface area (Å²) < 4.78 is 2.40. The molecule has 0 aliphatic carbocycles. The third-order valence-electron chi connectivity index (χ3n) is 4.34. The Bertz CT molecular complexity index is 1110. The van der Waals surface area contributed by atoms with E-state index in [1.807, 2.05) is 17.5 Å². The van der Waals surface area contributed by atoms with E-state index in [1.165, 1.54) is 22.5 Å². The molecule has 0 amide bonds. The van der Waals surface area contributed by atoms with Gasteiger partial charge in [0, 0.05) is 10.9 Å². The molecule has 4 rings (SSSR count). The maximum absolute atomic E-state index is 12.8. The third-order valence-corrected chi connectivity index (χ3v) is 5.30. The Labute approximate surface area is 150 Å². The van der Waals surface area contributed by atoms with Crippen molar-refractivity contribution < 1.29 is 0 Å². The van der Waals surface area contributed by atoms with Crippen molar-refractivity contribution in [1.82, 2.24) is 9.55 Å². The normalized spacial score (nSPS) is 11.1. The average molecular weight is 346 g/mol. The number of nitrogens with zero attached hydrogens (tertiary/aromatic N) is 2. The van der Waals surface area contributed by atoms with Gasteiger partial charge in [0.05, 0.1) is 18.4 Å². The molecule has 0 atom stereocenters. The summed E-state index contributed by atoms with van der Waals surface area (Å²) >= 11 is 1.47. The Hall–Kier alpha value is -2.72. The van der Waals surface area contributed by atoms with Crippen LogP contribution in [0, 0.1) is 13.8 Å². The minimum absolute atomic E-state index is 0.0230. The molecule has 0 saturated heterocycles. The van der Waals surface area contributed by atoms with Crippen LogP contribution in [-0.4, -0.2) is 9.55 Å². The zero-order chi connectivity index (χ0) is 17.4. The average Bonchev–Trinajstić information content (AvgIpc) is 3.03. The lowest BCUT2D eigenvalue weighted by molar-refractivity contribution is 0.749. The summed E-state index contributed by atoms with van der Waals surface area (Å²) in [6, 6.07) is 16.5. The highest BCUT2D eigenvalue weighted by molar-refractivity contribution is 7.17. The van der Waals surface area contributed by atoms with Crippen molar-refractivity contribution in [2.45, 2.75) is 20.4 Å². The Balaban J connectivity index is 1.77. The van der Waals surface area contributed by atoms with E-state index in [-0.39, 0.29) is 5.56 Å². The van der Waals surface area contributed by atoms with Crippen molar-refractivity contribution in [2.24, 2.45) is 0 Å². The minimum Gasteiger partial charge on any atom is -0.294 e. The van der Waals surface area contributed by atoms with E-state index in [0.717, 1.165) is 22.2 Å². The number of rotatable bonds is 3. The summed E-state index contributed by atoms with van der Waals surface area (Å²) in [6.07, 6.45) is 1.66. The second kappa shape index (κ2) is 6.30. The second-order valence-electron chi connectivity index (χ2n) is 6.36. The first-order valence-corrected chi connectivity index (χ1v) is 9.09. The summed E-state index contributed by atoms with van der Waals surface area (Å²) in [5, 5.41) is 2.03. The topological polar surface area (TPSA) is 34.9 Å². The van der Waals surface area contributed by atoms with E-state index in [0.29, 0.717) is 11.2 Å². The maximum atomic E-state index is 12.8. The summed E-state index contributed by atoms with van der Waals surface area (Å²) in [5.74, 6) is 0. The molecular formula is C21H18N2OS. The molecule has 4 heteroatoms. The molecule has 0 spiro atoms. The van der Waals surface area contributed by atoms with Gasteiger partial charge in [-0.05, 0) is 25.0 Å². The van der Waals surface area contributed by atoms with Gasteiger partial charge >= 0.3 is 0 Å². The zero-order valence-electron chi connectivity index (χ0n) is 14.2. The molecule has 4 aromatic rings. The van der Waals surface area contributed by atoms with E-state index in [2.05, 4.69) is 55.2 Å². The molecule has 2 heterocycles. The predicted molar refractivity (Wildman–Crippen MR) is 104 cm³/mol. The molecule has 2 aromatic carbocycles. The highest BCUT2D eigenvalue weighted by Gasteiger charge is 2.12. The standard InChI is InChI=1S/C21H18N2OS/c1-14-6-8-17(9-7-14)18-12-25-20-19(18)22-13-23(21(20)24)11-16-5-3-4-15(2)10-16/h3-10,12-13H,11H2,1-2H3. The van der Waals surface area contributed by atoms with E-state index >= 15 is 0 Å². The zero-order valence-corrected chi connectivity index (χ0v) is 15.0. The second-order valence-corrected chi connectivity index (χ2v) is 7.24. The molecule has 0 aliphatic heterocycles. The first kappa shape index (κ1) is 15.8. The van der Waals surface area contributed by atoms with E-state index in [1.54, 1.807) is 10.9 Å². The number of hydrogen-bond acceptors (Lipinski definition) is 3. The highest BCUT2D eigenvalue weighted by atomic mass is 32.1. The molecule has 124 valence electrons. The predicted octanol–water partition coefficient (Wildman–Crippen LogP) is 4.79. The smallest absolute Gasteiger partial charge is 0.271 e. The number of hydrogen-bond donors (Lipinski definition) is 0. The van der Waals surface area contributed by atoms with Crippen molar-refractivity contribution in [1.29, 1.82) is 0 Å². The van der Waals surface area contributed by atoms with Gasteiger partial charge in [-0.2, -0.15) is 0 Å². The van der Waals surface area contributed by atoms with Crippen LogP contribution in [-0.2, 0) is 6.54 Å². The molecular weight excluding hydrogens is 328 g/mol. The Kier molecular flexibility index (Phi) is 3.98. The minimum atomic E-state index is 0.0230.